The molecule has 16 heavy (non-hydrogen) atoms. The largest absolute Gasteiger partial charge is 0.333 e. The first-order valence-corrected chi connectivity index (χ1v) is 6.50. The summed E-state index contributed by atoms with van der Waals surface area (Å²) < 4.78 is 2.05. The third-order valence-electron chi connectivity index (χ3n) is 3.70. The third kappa shape index (κ3) is 2.41. The molecule has 0 radical (unpaired) electrons. The Morgan fingerprint density at radius 2 is 2.12 bits per heavy atom. The molecule has 90 valence electrons. The predicted octanol–water partition coefficient (Wildman–Crippen LogP) is 2.66. The van der Waals surface area contributed by atoms with Gasteiger partial charge in [0, 0.05) is 7.05 Å². The molecule has 0 atom stereocenters. The number of imidazole rings is 1. The molecule has 0 spiro atoms. The highest BCUT2D eigenvalue weighted by Gasteiger charge is 2.17. The van der Waals surface area contributed by atoms with Gasteiger partial charge in [-0.3, -0.25) is 0 Å². The summed E-state index contributed by atoms with van der Waals surface area (Å²) in [4.78, 5) is 4.28. The molecule has 1 aromatic heterocycles. The molecule has 1 saturated carbocycles. The van der Waals surface area contributed by atoms with Gasteiger partial charge in [-0.2, -0.15) is 0 Å². The van der Waals surface area contributed by atoms with E-state index in [1.807, 2.05) is 7.05 Å². The van der Waals surface area contributed by atoms with E-state index in [0.29, 0.717) is 11.7 Å². The van der Waals surface area contributed by atoms with Crippen molar-refractivity contribution in [2.75, 3.05) is 0 Å². The van der Waals surface area contributed by atoms with Crippen molar-refractivity contribution in [2.24, 2.45) is 18.7 Å². The molecule has 0 amide bonds. The van der Waals surface area contributed by atoms with E-state index in [4.69, 9.17) is 17.3 Å². The van der Waals surface area contributed by atoms with Gasteiger partial charge in [-0.1, -0.05) is 37.3 Å². The summed E-state index contributed by atoms with van der Waals surface area (Å²) in [5.41, 5.74) is 6.76. The van der Waals surface area contributed by atoms with E-state index in [1.54, 1.807) is 0 Å². The molecule has 1 aliphatic rings. The zero-order valence-electron chi connectivity index (χ0n) is 9.88. The van der Waals surface area contributed by atoms with Crippen molar-refractivity contribution < 1.29 is 0 Å². The lowest BCUT2D eigenvalue weighted by Gasteiger charge is -2.09. The lowest BCUT2D eigenvalue weighted by molar-refractivity contribution is 0.496. The standard InChI is InChI=1S/C12H20ClN3/c1-16-10(12(13)15-11(16)8-14)7-6-9-4-2-3-5-9/h9H,2-8,14H2,1H3. The second kappa shape index (κ2) is 5.19. The van der Waals surface area contributed by atoms with Crippen molar-refractivity contribution in [3.8, 4) is 0 Å². The van der Waals surface area contributed by atoms with Gasteiger partial charge in [-0.25, -0.2) is 4.98 Å². The Kier molecular flexibility index (Phi) is 3.87. The van der Waals surface area contributed by atoms with Crippen LogP contribution >= 0.6 is 11.6 Å². The molecular formula is C12H20ClN3. The van der Waals surface area contributed by atoms with Crippen molar-refractivity contribution in [2.45, 2.75) is 45.1 Å². The molecule has 0 aromatic carbocycles. The number of hydrogen-bond acceptors (Lipinski definition) is 2. The minimum Gasteiger partial charge on any atom is -0.333 e. The molecule has 1 heterocycles. The number of hydrogen-bond donors (Lipinski definition) is 1. The highest BCUT2D eigenvalue weighted by Crippen LogP contribution is 2.29. The van der Waals surface area contributed by atoms with Crippen molar-refractivity contribution >= 4 is 11.6 Å². The molecule has 1 aliphatic carbocycles. The first-order chi connectivity index (χ1) is 7.72. The molecular weight excluding hydrogens is 222 g/mol. The molecule has 0 aliphatic heterocycles. The van der Waals surface area contributed by atoms with Crippen molar-refractivity contribution in [1.29, 1.82) is 0 Å². The first kappa shape index (κ1) is 11.9. The number of aromatic nitrogens is 2. The average Bonchev–Trinajstić information content (AvgIpc) is 2.86. The van der Waals surface area contributed by atoms with Gasteiger partial charge in [0.2, 0.25) is 0 Å². The Morgan fingerprint density at radius 3 is 2.69 bits per heavy atom. The summed E-state index contributed by atoms with van der Waals surface area (Å²) >= 11 is 6.13. The van der Waals surface area contributed by atoms with Crippen LogP contribution in [-0.2, 0) is 20.0 Å². The van der Waals surface area contributed by atoms with E-state index in [0.717, 1.165) is 23.9 Å². The number of halogens is 1. The normalized spacial score (nSPS) is 17.2. The third-order valence-corrected chi connectivity index (χ3v) is 4.01. The van der Waals surface area contributed by atoms with Crippen LogP contribution in [0.25, 0.3) is 0 Å². The summed E-state index contributed by atoms with van der Waals surface area (Å²) in [6, 6.07) is 0. The number of rotatable bonds is 4. The molecule has 2 N–H and O–H groups in total. The molecule has 0 unspecified atom stereocenters. The maximum Gasteiger partial charge on any atom is 0.150 e. The van der Waals surface area contributed by atoms with Crippen LogP contribution in [0.4, 0.5) is 0 Å². The molecule has 4 heteroatoms. The quantitative estimate of drug-likeness (QED) is 0.881. The number of nitrogens with two attached hydrogens (primary N) is 1. The molecule has 1 fully saturated rings. The zero-order chi connectivity index (χ0) is 11.5. The summed E-state index contributed by atoms with van der Waals surface area (Å²) in [7, 11) is 2.01. The van der Waals surface area contributed by atoms with Crippen molar-refractivity contribution in [3.63, 3.8) is 0 Å². The minimum atomic E-state index is 0.458. The average molecular weight is 242 g/mol. The molecule has 0 bridgehead atoms. The summed E-state index contributed by atoms with van der Waals surface area (Å²) in [6.45, 7) is 0.458. The predicted molar refractivity (Wildman–Crippen MR) is 66.4 cm³/mol. The monoisotopic (exact) mass is 241 g/mol. The topological polar surface area (TPSA) is 43.8 Å². The lowest BCUT2D eigenvalue weighted by Crippen LogP contribution is -2.07. The Balaban J connectivity index is 2.00. The smallest absolute Gasteiger partial charge is 0.150 e. The second-order valence-electron chi connectivity index (χ2n) is 4.72. The van der Waals surface area contributed by atoms with Crippen molar-refractivity contribution in [3.05, 3.63) is 16.7 Å². The highest BCUT2D eigenvalue weighted by atomic mass is 35.5. The van der Waals surface area contributed by atoms with Gasteiger partial charge in [0.05, 0.1) is 12.2 Å². The van der Waals surface area contributed by atoms with E-state index in [2.05, 4.69) is 9.55 Å². The molecule has 1 aromatic rings. The van der Waals surface area contributed by atoms with Crippen LogP contribution in [0.15, 0.2) is 0 Å². The van der Waals surface area contributed by atoms with Crippen molar-refractivity contribution in [1.82, 2.24) is 9.55 Å². The van der Waals surface area contributed by atoms with Gasteiger partial charge in [-0.05, 0) is 18.8 Å². The van der Waals surface area contributed by atoms with E-state index in [1.165, 1.54) is 32.1 Å². The van der Waals surface area contributed by atoms with Gasteiger partial charge in [0.25, 0.3) is 0 Å². The fraction of sp³-hybridized carbons (Fsp3) is 0.750. The minimum absolute atomic E-state index is 0.458. The second-order valence-corrected chi connectivity index (χ2v) is 5.08. The van der Waals surface area contributed by atoms with E-state index in [9.17, 15) is 0 Å². The van der Waals surface area contributed by atoms with Crippen LogP contribution in [0.1, 0.15) is 43.6 Å². The molecule has 0 saturated heterocycles. The maximum absolute atomic E-state index is 6.13. The highest BCUT2D eigenvalue weighted by molar-refractivity contribution is 6.30. The molecule has 3 nitrogen and oxygen atoms in total. The lowest BCUT2D eigenvalue weighted by atomic mass is 10.0. The van der Waals surface area contributed by atoms with Gasteiger partial charge in [-0.15, -0.1) is 0 Å². The number of nitrogens with zero attached hydrogens (tertiary/aromatic N) is 2. The Labute approximate surface area is 102 Å². The summed E-state index contributed by atoms with van der Waals surface area (Å²) in [5, 5.41) is 0.640. The zero-order valence-corrected chi connectivity index (χ0v) is 10.6. The van der Waals surface area contributed by atoms with Crippen LogP contribution in [0.5, 0.6) is 0 Å². The van der Waals surface area contributed by atoms with Crippen LogP contribution in [0, 0.1) is 5.92 Å². The van der Waals surface area contributed by atoms with Gasteiger partial charge >= 0.3 is 0 Å². The summed E-state index contributed by atoms with van der Waals surface area (Å²) in [6.07, 6.45) is 7.85. The van der Waals surface area contributed by atoms with Crippen LogP contribution in [-0.4, -0.2) is 9.55 Å². The first-order valence-electron chi connectivity index (χ1n) is 6.12. The SMILES string of the molecule is Cn1c(CN)nc(Cl)c1CCC1CCCC1. The van der Waals surface area contributed by atoms with Crippen LogP contribution in [0.3, 0.4) is 0 Å². The Bertz CT molecular complexity index is 353. The van der Waals surface area contributed by atoms with Gasteiger partial charge in [0.1, 0.15) is 5.82 Å². The van der Waals surface area contributed by atoms with Crippen LogP contribution < -0.4 is 5.73 Å². The van der Waals surface area contributed by atoms with E-state index < -0.39 is 0 Å². The Hall–Kier alpha value is -0.540. The van der Waals surface area contributed by atoms with Gasteiger partial charge < -0.3 is 10.3 Å². The van der Waals surface area contributed by atoms with Gasteiger partial charge in [0.15, 0.2) is 5.15 Å². The Morgan fingerprint density at radius 1 is 1.44 bits per heavy atom. The van der Waals surface area contributed by atoms with E-state index >= 15 is 0 Å². The summed E-state index contributed by atoms with van der Waals surface area (Å²) in [5.74, 6) is 1.78. The molecule has 2 rings (SSSR count). The fourth-order valence-electron chi connectivity index (χ4n) is 2.64. The maximum atomic E-state index is 6.13. The van der Waals surface area contributed by atoms with E-state index in [-0.39, 0.29) is 0 Å². The fourth-order valence-corrected chi connectivity index (χ4v) is 2.96. The van der Waals surface area contributed by atoms with Crippen LogP contribution in [0.2, 0.25) is 5.15 Å².